The summed E-state index contributed by atoms with van der Waals surface area (Å²) in [7, 11) is 0. The fourth-order valence-electron chi connectivity index (χ4n) is 1.68. The third-order valence-electron chi connectivity index (χ3n) is 2.53. The molecule has 1 unspecified atom stereocenters. The van der Waals surface area contributed by atoms with Crippen molar-refractivity contribution in [3.63, 3.8) is 0 Å². The minimum atomic E-state index is 0.0567. The zero-order valence-electron chi connectivity index (χ0n) is 6.31. The average molecular weight is 141 g/mol. The second-order valence-corrected chi connectivity index (χ2v) is 3.81. The van der Waals surface area contributed by atoms with Gasteiger partial charge in [0.15, 0.2) is 0 Å². The van der Waals surface area contributed by atoms with Gasteiger partial charge in [0.2, 0.25) is 0 Å². The van der Waals surface area contributed by atoms with Crippen molar-refractivity contribution >= 4 is 0 Å². The maximum atomic E-state index is 6.08. The molecule has 1 aliphatic heterocycles. The molecule has 0 amide bonds. The van der Waals surface area contributed by atoms with E-state index in [0.29, 0.717) is 0 Å². The van der Waals surface area contributed by atoms with Gasteiger partial charge >= 0.3 is 0 Å². The van der Waals surface area contributed by atoms with Gasteiger partial charge < -0.3 is 10.5 Å². The summed E-state index contributed by atoms with van der Waals surface area (Å²) in [6.07, 6.45) is 5.08. The van der Waals surface area contributed by atoms with Crippen LogP contribution in [0.15, 0.2) is 0 Å². The summed E-state index contributed by atoms with van der Waals surface area (Å²) in [5.41, 5.74) is 6.13. The van der Waals surface area contributed by atoms with E-state index in [4.69, 9.17) is 10.5 Å². The van der Waals surface area contributed by atoms with E-state index in [1.807, 2.05) is 0 Å². The van der Waals surface area contributed by atoms with E-state index in [2.05, 4.69) is 0 Å². The van der Waals surface area contributed by atoms with E-state index in [1.165, 1.54) is 19.3 Å². The van der Waals surface area contributed by atoms with Crippen molar-refractivity contribution in [1.82, 2.24) is 0 Å². The van der Waals surface area contributed by atoms with Crippen LogP contribution >= 0.6 is 0 Å². The molecule has 1 atom stereocenters. The quantitative estimate of drug-likeness (QED) is 0.620. The van der Waals surface area contributed by atoms with Crippen molar-refractivity contribution in [3.8, 4) is 0 Å². The van der Waals surface area contributed by atoms with E-state index >= 15 is 0 Å². The van der Waals surface area contributed by atoms with Gasteiger partial charge in [-0.25, -0.2) is 0 Å². The first-order valence-electron chi connectivity index (χ1n) is 4.15. The van der Waals surface area contributed by atoms with Crippen LogP contribution in [0.25, 0.3) is 0 Å². The fraction of sp³-hybridized carbons (Fsp3) is 1.00. The molecule has 10 heavy (non-hydrogen) atoms. The molecular formula is C8H15NO. The second kappa shape index (κ2) is 2.21. The van der Waals surface area contributed by atoms with Crippen LogP contribution in [0.5, 0.6) is 0 Å². The lowest BCUT2D eigenvalue weighted by atomic mass is 9.93. The first-order chi connectivity index (χ1) is 4.79. The molecular weight excluding hydrogens is 126 g/mol. The number of ether oxygens (including phenoxy) is 1. The summed E-state index contributed by atoms with van der Waals surface area (Å²) in [6.45, 7) is 1.67. The van der Waals surface area contributed by atoms with E-state index in [1.54, 1.807) is 0 Å². The molecule has 1 saturated carbocycles. The molecule has 2 N–H and O–H groups in total. The largest absolute Gasteiger partial charge is 0.379 e. The van der Waals surface area contributed by atoms with Gasteiger partial charge in [-0.05, 0) is 18.8 Å². The molecule has 2 rings (SSSR count). The van der Waals surface area contributed by atoms with E-state index in [9.17, 15) is 0 Å². The van der Waals surface area contributed by atoms with Crippen LogP contribution in [-0.4, -0.2) is 18.8 Å². The van der Waals surface area contributed by atoms with Crippen LogP contribution in [0.3, 0.4) is 0 Å². The van der Waals surface area contributed by atoms with Crippen LogP contribution in [-0.2, 0) is 4.74 Å². The standard InChI is InChI=1S/C8H15NO/c9-8(3-4-10-6-8)5-7-1-2-7/h7H,1-6,9H2. The maximum Gasteiger partial charge on any atom is 0.0647 e. The highest BCUT2D eigenvalue weighted by atomic mass is 16.5. The highest BCUT2D eigenvalue weighted by molar-refractivity contribution is 4.93. The van der Waals surface area contributed by atoms with E-state index in [-0.39, 0.29) is 5.54 Å². The van der Waals surface area contributed by atoms with Crippen molar-refractivity contribution in [2.24, 2.45) is 11.7 Å². The Bertz CT molecular complexity index is 125. The average Bonchev–Trinajstić information content (AvgIpc) is 2.56. The molecule has 2 nitrogen and oxygen atoms in total. The molecule has 1 aliphatic carbocycles. The van der Waals surface area contributed by atoms with Gasteiger partial charge in [-0.1, -0.05) is 12.8 Å². The van der Waals surface area contributed by atoms with Crippen molar-refractivity contribution in [1.29, 1.82) is 0 Å². The molecule has 0 radical (unpaired) electrons. The Morgan fingerprint density at radius 3 is 2.80 bits per heavy atom. The topological polar surface area (TPSA) is 35.2 Å². The maximum absolute atomic E-state index is 6.08. The summed E-state index contributed by atoms with van der Waals surface area (Å²) < 4.78 is 5.26. The molecule has 0 spiro atoms. The molecule has 1 saturated heterocycles. The molecule has 0 bridgehead atoms. The van der Waals surface area contributed by atoms with Gasteiger partial charge in [-0.2, -0.15) is 0 Å². The van der Waals surface area contributed by atoms with Gasteiger partial charge in [-0.3, -0.25) is 0 Å². The van der Waals surface area contributed by atoms with Gasteiger partial charge in [0, 0.05) is 12.1 Å². The predicted molar refractivity (Wildman–Crippen MR) is 39.7 cm³/mol. The highest BCUT2D eigenvalue weighted by Crippen LogP contribution is 2.38. The minimum absolute atomic E-state index is 0.0567. The number of rotatable bonds is 2. The Kier molecular flexibility index (Phi) is 1.46. The molecule has 0 aromatic carbocycles. The van der Waals surface area contributed by atoms with Crippen molar-refractivity contribution in [2.75, 3.05) is 13.2 Å². The van der Waals surface area contributed by atoms with Crippen LogP contribution in [0.2, 0.25) is 0 Å². The van der Waals surface area contributed by atoms with Crippen LogP contribution in [0, 0.1) is 5.92 Å². The van der Waals surface area contributed by atoms with Crippen LogP contribution < -0.4 is 5.73 Å². The summed E-state index contributed by atoms with van der Waals surface area (Å²) >= 11 is 0. The van der Waals surface area contributed by atoms with Gasteiger partial charge in [0.1, 0.15) is 0 Å². The Morgan fingerprint density at radius 2 is 2.30 bits per heavy atom. The summed E-state index contributed by atoms with van der Waals surface area (Å²) in [4.78, 5) is 0. The Balaban J connectivity index is 1.86. The zero-order valence-corrected chi connectivity index (χ0v) is 6.31. The third-order valence-corrected chi connectivity index (χ3v) is 2.53. The molecule has 0 aromatic heterocycles. The van der Waals surface area contributed by atoms with Gasteiger partial charge in [0.25, 0.3) is 0 Å². The SMILES string of the molecule is NC1(CC2CC2)CCOC1. The van der Waals surface area contributed by atoms with E-state index in [0.717, 1.165) is 25.6 Å². The Hall–Kier alpha value is -0.0800. The molecule has 1 heterocycles. The number of nitrogens with two attached hydrogens (primary N) is 1. The molecule has 2 fully saturated rings. The number of hydrogen-bond donors (Lipinski definition) is 1. The second-order valence-electron chi connectivity index (χ2n) is 3.81. The van der Waals surface area contributed by atoms with Gasteiger partial charge in [-0.15, -0.1) is 0 Å². The molecule has 2 aliphatic rings. The lowest BCUT2D eigenvalue weighted by molar-refractivity contribution is 0.174. The van der Waals surface area contributed by atoms with Crippen LogP contribution in [0.4, 0.5) is 0 Å². The highest BCUT2D eigenvalue weighted by Gasteiger charge is 2.36. The lowest BCUT2D eigenvalue weighted by Gasteiger charge is -2.20. The Morgan fingerprint density at radius 1 is 1.50 bits per heavy atom. The van der Waals surface area contributed by atoms with Crippen LogP contribution in [0.1, 0.15) is 25.7 Å². The first kappa shape index (κ1) is 6.62. The summed E-state index contributed by atoms with van der Waals surface area (Å²) in [5, 5.41) is 0. The predicted octanol–water partition coefficient (Wildman–Crippen LogP) is 0.904. The lowest BCUT2D eigenvalue weighted by Crippen LogP contribution is -2.40. The summed E-state index contributed by atoms with van der Waals surface area (Å²) in [5.74, 6) is 0.937. The van der Waals surface area contributed by atoms with Crippen molar-refractivity contribution < 1.29 is 4.74 Å². The fourth-order valence-corrected chi connectivity index (χ4v) is 1.68. The molecule has 2 heteroatoms. The monoisotopic (exact) mass is 141 g/mol. The van der Waals surface area contributed by atoms with Crippen molar-refractivity contribution in [2.45, 2.75) is 31.2 Å². The summed E-state index contributed by atoms with van der Waals surface area (Å²) in [6, 6.07) is 0. The zero-order chi connectivity index (χ0) is 7.03. The van der Waals surface area contributed by atoms with E-state index < -0.39 is 0 Å². The third kappa shape index (κ3) is 1.32. The smallest absolute Gasteiger partial charge is 0.0647 e. The normalized spacial score (nSPS) is 40.5. The first-order valence-corrected chi connectivity index (χ1v) is 4.15. The molecule has 58 valence electrons. The van der Waals surface area contributed by atoms with Gasteiger partial charge in [0.05, 0.1) is 6.61 Å². The number of hydrogen-bond acceptors (Lipinski definition) is 2. The Labute approximate surface area is 61.7 Å². The minimum Gasteiger partial charge on any atom is -0.379 e. The molecule has 0 aromatic rings. The van der Waals surface area contributed by atoms with Crippen molar-refractivity contribution in [3.05, 3.63) is 0 Å².